The largest absolute Gasteiger partial charge is 0.314 e. The minimum Gasteiger partial charge on any atom is -0.314 e. The van der Waals surface area contributed by atoms with Crippen LogP contribution in [0.1, 0.15) is 34.2 Å². The maximum absolute atomic E-state index is 12.2. The van der Waals surface area contributed by atoms with E-state index in [0.29, 0.717) is 12.1 Å². The molecule has 0 radical (unpaired) electrons. The van der Waals surface area contributed by atoms with E-state index in [0.717, 1.165) is 13.0 Å². The van der Waals surface area contributed by atoms with Crippen molar-refractivity contribution in [2.45, 2.75) is 18.9 Å². The Morgan fingerprint density at radius 1 is 1.41 bits per heavy atom. The number of carbonyl (C=O) groups is 2. The molecule has 88 valence electrons. The summed E-state index contributed by atoms with van der Waals surface area (Å²) >= 11 is 0. The first kappa shape index (κ1) is 10.4. The predicted octanol–water partition coefficient (Wildman–Crippen LogP) is 0.430. The molecule has 1 fully saturated rings. The molecule has 0 aliphatic carbocycles. The summed E-state index contributed by atoms with van der Waals surface area (Å²) in [6.07, 6.45) is 2.33. The van der Waals surface area contributed by atoms with Crippen LogP contribution in [0.5, 0.6) is 0 Å². The lowest BCUT2D eigenvalue weighted by atomic mass is 9.99. The van der Waals surface area contributed by atoms with Gasteiger partial charge in [-0.1, -0.05) is 0 Å². The number of fused-ring (bicyclic) bond motifs is 1. The summed E-state index contributed by atoms with van der Waals surface area (Å²) in [7, 11) is 0. The summed E-state index contributed by atoms with van der Waals surface area (Å²) in [5.41, 5.74) is 0.283. The van der Waals surface area contributed by atoms with E-state index in [2.05, 4.69) is 10.3 Å². The van der Waals surface area contributed by atoms with Crippen LogP contribution in [0.3, 0.4) is 0 Å². The first-order valence-electron chi connectivity index (χ1n) is 5.68. The van der Waals surface area contributed by atoms with Crippen molar-refractivity contribution in [3.8, 4) is 0 Å². The van der Waals surface area contributed by atoms with Gasteiger partial charge in [0.25, 0.3) is 11.8 Å². The number of nitrogens with zero attached hydrogens (tertiary/aromatic N) is 2. The van der Waals surface area contributed by atoms with Crippen molar-refractivity contribution < 1.29 is 9.59 Å². The molecule has 0 bridgehead atoms. The highest BCUT2D eigenvalue weighted by Gasteiger charge is 2.48. The van der Waals surface area contributed by atoms with Gasteiger partial charge in [0.2, 0.25) is 0 Å². The molecule has 1 atom stereocenters. The van der Waals surface area contributed by atoms with E-state index in [-0.39, 0.29) is 17.5 Å². The fourth-order valence-electron chi connectivity index (χ4n) is 2.55. The Labute approximate surface area is 98.8 Å². The molecule has 1 N–H and O–H groups in total. The quantitative estimate of drug-likeness (QED) is 0.712. The molecule has 5 heteroatoms. The van der Waals surface area contributed by atoms with E-state index in [1.165, 1.54) is 4.90 Å². The second-order valence-corrected chi connectivity index (χ2v) is 4.77. The Morgan fingerprint density at radius 3 is 2.88 bits per heavy atom. The third-order valence-electron chi connectivity index (χ3n) is 3.53. The molecule has 1 aromatic heterocycles. The number of hydrogen-bond acceptors (Lipinski definition) is 4. The van der Waals surface area contributed by atoms with Crippen LogP contribution in [-0.4, -0.2) is 40.3 Å². The fourth-order valence-corrected chi connectivity index (χ4v) is 2.55. The minimum absolute atomic E-state index is 0.218. The molecule has 1 aromatic rings. The minimum atomic E-state index is -0.422. The van der Waals surface area contributed by atoms with Crippen LogP contribution in [0, 0.1) is 0 Å². The maximum Gasteiger partial charge on any atom is 0.280 e. The number of hydrogen-bond donors (Lipinski definition) is 1. The van der Waals surface area contributed by atoms with Gasteiger partial charge in [0.05, 0.1) is 11.1 Å². The van der Waals surface area contributed by atoms with Crippen molar-refractivity contribution >= 4 is 11.8 Å². The zero-order chi connectivity index (χ0) is 12.0. The molecular formula is C12H13N3O2. The molecule has 1 saturated heterocycles. The van der Waals surface area contributed by atoms with Gasteiger partial charge in [0, 0.05) is 12.7 Å². The van der Waals surface area contributed by atoms with Gasteiger partial charge in [-0.2, -0.15) is 0 Å². The third kappa shape index (κ3) is 1.32. The average molecular weight is 231 g/mol. The zero-order valence-corrected chi connectivity index (χ0v) is 9.56. The summed E-state index contributed by atoms with van der Waals surface area (Å²) in [5, 5.41) is 3.19. The lowest BCUT2D eigenvalue weighted by Crippen LogP contribution is -2.51. The number of nitrogens with one attached hydrogen (secondary N) is 1. The Morgan fingerprint density at radius 2 is 2.24 bits per heavy atom. The zero-order valence-electron chi connectivity index (χ0n) is 9.56. The highest BCUT2D eigenvalue weighted by Crippen LogP contribution is 2.31. The first-order valence-corrected chi connectivity index (χ1v) is 5.68. The van der Waals surface area contributed by atoms with Gasteiger partial charge in [-0.3, -0.25) is 19.5 Å². The van der Waals surface area contributed by atoms with Crippen LogP contribution >= 0.6 is 0 Å². The smallest absolute Gasteiger partial charge is 0.280 e. The Kier molecular flexibility index (Phi) is 2.06. The van der Waals surface area contributed by atoms with Crippen LogP contribution in [0.4, 0.5) is 0 Å². The van der Waals surface area contributed by atoms with E-state index in [4.69, 9.17) is 0 Å². The van der Waals surface area contributed by atoms with Crippen molar-refractivity contribution in [1.82, 2.24) is 15.2 Å². The highest BCUT2D eigenvalue weighted by atomic mass is 16.2. The van der Waals surface area contributed by atoms with Crippen molar-refractivity contribution in [3.05, 3.63) is 29.6 Å². The molecule has 0 saturated carbocycles. The highest BCUT2D eigenvalue weighted by molar-refractivity contribution is 6.20. The third-order valence-corrected chi connectivity index (χ3v) is 3.53. The van der Waals surface area contributed by atoms with Crippen LogP contribution < -0.4 is 5.32 Å². The molecule has 3 rings (SSSR count). The van der Waals surface area contributed by atoms with Gasteiger partial charge >= 0.3 is 0 Å². The van der Waals surface area contributed by atoms with E-state index in [1.807, 2.05) is 6.92 Å². The van der Waals surface area contributed by atoms with Crippen molar-refractivity contribution in [2.24, 2.45) is 0 Å². The molecular weight excluding hydrogens is 218 g/mol. The monoisotopic (exact) mass is 231 g/mol. The van der Waals surface area contributed by atoms with Gasteiger partial charge in [0.15, 0.2) is 0 Å². The summed E-state index contributed by atoms with van der Waals surface area (Å²) < 4.78 is 0. The normalized spacial score (nSPS) is 27.7. The summed E-state index contributed by atoms with van der Waals surface area (Å²) in [5.74, 6) is -0.485. The van der Waals surface area contributed by atoms with Gasteiger partial charge < -0.3 is 5.32 Å². The molecule has 2 aliphatic heterocycles. The molecule has 0 aromatic carbocycles. The summed E-state index contributed by atoms with van der Waals surface area (Å²) in [6.45, 7) is 3.42. The number of aromatic nitrogens is 1. The number of rotatable bonds is 1. The van der Waals surface area contributed by atoms with E-state index >= 15 is 0 Å². The maximum atomic E-state index is 12.2. The van der Waals surface area contributed by atoms with Crippen molar-refractivity contribution in [3.63, 3.8) is 0 Å². The molecule has 5 nitrogen and oxygen atoms in total. The number of imide groups is 1. The lowest BCUT2D eigenvalue weighted by molar-refractivity contribution is 0.0480. The standard InChI is InChI=1S/C12H13N3O2/c1-12(4-6-13-7-12)15-10(16)8-3-2-5-14-9(8)11(15)17/h2-3,5,13H,4,6-7H2,1H3. The Balaban J connectivity index is 2.06. The molecule has 0 spiro atoms. The van der Waals surface area contributed by atoms with Crippen LogP contribution in [0.2, 0.25) is 0 Å². The SMILES string of the molecule is CC1(N2C(=O)c3cccnc3C2=O)CCNC1. The van der Waals surface area contributed by atoms with Crippen LogP contribution in [-0.2, 0) is 0 Å². The summed E-state index contributed by atoms with van der Waals surface area (Å²) in [4.78, 5) is 29.8. The molecule has 17 heavy (non-hydrogen) atoms. The second kappa shape index (κ2) is 3.37. The van der Waals surface area contributed by atoms with Gasteiger partial charge in [-0.15, -0.1) is 0 Å². The second-order valence-electron chi connectivity index (χ2n) is 4.77. The van der Waals surface area contributed by atoms with Gasteiger partial charge in [-0.05, 0) is 32.0 Å². The summed E-state index contributed by atoms with van der Waals surface area (Å²) in [6, 6.07) is 3.34. The number of amides is 2. The topological polar surface area (TPSA) is 62.3 Å². The Hall–Kier alpha value is -1.75. The number of carbonyl (C=O) groups excluding carboxylic acids is 2. The van der Waals surface area contributed by atoms with Crippen LogP contribution in [0.15, 0.2) is 18.3 Å². The van der Waals surface area contributed by atoms with Gasteiger partial charge in [0.1, 0.15) is 5.69 Å². The Bertz CT molecular complexity index is 471. The van der Waals surface area contributed by atoms with Crippen molar-refractivity contribution in [1.29, 1.82) is 0 Å². The van der Waals surface area contributed by atoms with E-state index < -0.39 is 5.54 Å². The fraction of sp³-hybridized carbons (Fsp3) is 0.417. The predicted molar refractivity (Wildman–Crippen MR) is 60.6 cm³/mol. The van der Waals surface area contributed by atoms with E-state index in [9.17, 15) is 9.59 Å². The van der Waals surface area contributed by atoms with Crippen molar-refractivity contribution in [2.75, 3.05) is 13.1 Å². The molecule has 3 heterocycles. The lowest BCUT2D eigenvalue weighted by Gasteiger charge is -2.32. The van der Waals surface area contributed by atoms with Crippen LogP contribution in [0.25, 0.3) is 0 Å². The molecule has 2 aliphatic rings. The van der Waals surface area contributed by atoms with E-state index in [1.54, 1.807) is 18.3 Å². The number of pyridine rings is 1. The first-order chi connectivity index (χ1) is 8.13. The average Bonchev–Trinajstić information content (AvgIpc) is 2.85. The molecule has 1 unspecified atom stereocenters. The van der Waals surface area contributed by atoms with Gasteiger partial charge in [-0.25, -0.2) is 0 Å². The molecule has 2 amide bonds.